The number of amides is 1. The second kappa shape index (κ2) is 6.44. The molecule has 1 aliphatic rings. The molecule has 2 heterocycles. The minimum atomic E-state index is 0.0376. The lowest BCUT2D eigenvalue weighted by atomic mass is 9.92. The standard InChI is InChI=1S/C18H23N3O2/c1-12-8-13(2)11-21(10-12)18(22)17-9-16(19-20-17)14-4-6-15(23-3)7-5-14/h4-7,9,12-13H,8,10-11H2,1-3H3,(H,19,20). The van der Waals surface area contributed by atoms with Crippen LogP contribution in [-0.4, -0.2) is 41.2 Å². The Morgan fingerprint density at radius 3 is 2.48 bits per heavy atom. The number of benzene rings is 1. The molecule has 1 aliphatic heterocycles. The van der Waals surface area contributed by atoms with Gasteiger partial charge in [0.2, 0.25) is 0 Å². The second-order valence-corrected chi connectivity index (χ2v) is 6.55. The number of methoxy groups -OCH3 is 1. The number of aromatic nitrogens is 2. The molecule has 1 saturated heterocycles. The molecule has 0 aliphatic carbocycles. The van der Waals surface area contributed by atoms with Crippen molar-refractivity contribution in [1.29, 1.82) is 0 Å². The summed E-state index contributed by atoms with van der Waals surface area (Å²) >= 11 is 0. The van der Waals surface area contributed by atoms with Crippen LogP contribution in [-0.2, 0) is 0 Å². The molecule has 2 unspecified atom stereocenters. The van der Waals surface area contributed by atoms with Crippen LogP contribution in [0, 0.1) is 11.8 Å². The largest absolute Gasteiger partial charge is 0.497 e. The summed E-state index contributed by atoms with van der Waals surface area (Å²) in [7, 11) is 1.64. The highest BCUT2D eigenvalue weighted by molar-refractivity contribution is 5.93. The van der Waals surface area contributed by atoms with E-state index < -0.39 is 0 Å². The molecule has 2 aromatic rings. The summed E-state index contributed by atoms with van der Waals surface area (Å²) < 4.78 is 5.16. The van der Waals surface area contributed by atoms with Crippen molar-refractivity contribution in [3.05, 3.63) is 36.0 Å². The normalized spacial score (nSPS) is 21.3. The summed E-state index contributed by atoms with van der Waals surface area (Å²) in [4.78, 5) is 14.6. The van der Waals surface area contributed by atoms with Crippen LogP contribution in [0.2, 0.25) is 0 Å². The van der Waals surface area contributed by atoms with Crippen LogP contribution >= 0.6 is 0 Å². The van der Waals surface area contributed by atoms with E-state index in [1.54, 1.807) is 7.11 Å². The summed E-state index contributed by atoms with van der Waals surface area (Å²) in [6, 6.07) is 9.48. The van der Waals surface area contributed by atoms with Gasteiger partial charge in [0.05, 0.1) is 12.8 Å². The Labute approximate surface area is 136 Å². The fraction of sp³-hybridized carbons (Fsp3) is 0.444. The summed E-state index contributed by atoms with van der Waals surface area (Å²) in [5.41, 5.74) is 2.28. The van der Waals surface area contributed by atoms with Crippen LogP contribution in [0.5, 0.6) is 5.75 Å². The van der Waals surface area contributed by atoms with Gasteiger partial charge in [0, 0.05) is 18.7 Å². The SMILES string of the molecule is COc1ccc(-c2cc(C(=O)N3CC(C)CC(C)C3)[nH]n2)cc1. The molecule has 1 fully saturated rings. The predicted molar refractivity (Wildman–Crippen MR) is 89.4 cm³/mol. The lowest BCUT2D eigenvalue weighted by Gasteiger charge is -2.34. The Morgan fingerprint density at radius 2 is 1.87 bits per heavy atom. The minimum absolute atomic E-state index is 0.0376. The Morgan fingerprint density at radius 1 is 1.22 bits per heavy atom. The molecule has 5 nitrogen and oxygen atoms in total. The summed E-state index contributed by atoms with van der Waals surface area (Å²) in [6.45, 7) is 6.04. The molecule has 0 radical (unpaired) electrons. The van der Waals surface area contributed by atoms with Gasteiger partial charge in [-0.1, -0.05) is 13.8 Å². The van der Waals surface area contributed by atoms with Gasteiger partial charge in [-0.25, -0.2) is 0 Å². The van der Waals surface area contributed by atoms with Gasteiger partial charge in [0.15, 0.2) is 0 Å². The molecule has 5 heteroatoms. The maximum atomic E-state index is 12.7. The molecular weight excluding hydrogens is 290 g/mol. The maximum Gasteiger partial charge on any atom is 0.271 e. The van der Waals surface area contributed by atoms with Gasteiger partial charge in [-0.3, -0.25) is 9.89 Å². The number of rotatable bonds is 3. The molecule has 1 aromatic heterocycles. The molecular formula is C18H23N3O2. The van der Waals surface area contributed by atoms with Crippen molar-refractivity contribution >= 4 is 5.91 Å². The first kappa shape index (κ1) is 15.6. The minimum Gasteiger partial charge on any atom is -0.497 e. The average Bonchev–Trinajstić information content (AvgIpc) is 3.03. The molecule has 0 saturated carbocycles. The van der Waals surface area contributed by atoms with E-state index in [0.717, 1.165) is 30.1 Å². The fourth-order valence-electron chi connectivity index (χ4n) is 3.34. The lowest BCUT2D eigenvalue weighted by Crippen LogP contribution is -2.42. The number of nitrogens with one attached hydrogen (secondary N) is 1. The zero-order valence-corrected chi connectivity index (χ0v) is 13.9. The van der Waals surface area contributed by atoms with Crippen LogP contribution in [0.1, 0.15) is 30.8 Å². The second-order valence-electron chi connectivity index (χ2n) is 6.55. The van der Waals surface area contributed by atoms with Gasteiger partial charge in [0.25, 0.3) is 5.91 Å². The smallest absolute Gasteiger partial charge is 0.271 e. The first-order valence-corrected chi connectivity index (χ1v) is 8.06. The van der Waals surface area contributed by atoms with Crippen LogP contribution in [0.15, 0.2) is 30.3 Å². The number of ether oxygens (including phenoxy) is 1. The zero-order valence-electron chi connectivity index (χ0n) is 13.9. The topological polar surface area (TPSA) is 58.2 Å². The Hall–Kier alpha value is -2.30. The van der Waals surface area contributed by atoms with E-state index >= 15 is 0 Å². The number of hydrogen-bond acceptors (Lipinski definition) is 3. The van der Waals surface area contributed by atoms with Crippen molar-refractivity contribution in [2.75, 3.05) is 20.2 Å². The van der Waals surface area contributed by atoms with Gasteiger partial charge >= 0.3 is 0 Å². The summed E-state index contributed by atoms with van der Waals surface area (Å²) in [5, 5.41) is 7.17. The number of hydrogen-bond donors (Lipinski definition) is 1. The molecule has 3 rings (SSSR count). The third-order valence-electron chi connectivity index (χ3n) is 4.35. The van der Waals surface area contributed by atoms with Gasteiger partial charge in [0.1, 0.15) is 11.4 Å². The number of carbonyl (C=O) groups is 1. The van der Waals surface area contributed by atoms with E-state index in [9.17, 15) is 4.79 Å². The van der Waals surface area contributed by atoms with Gasteiger partial charge < -0.3 is 9.64 Å². The average molecular weight is 313 g/mol. The van der Waals surface area contributed by atoms with E-state index in [2.05, 4.69) is 24.0 Å². The first-order valence-electron chi connectivity index (χ1n) is 8.06. The molecule has 23 heavy (non-hydrogen) atoms. The van der Waals surface area contributed by atoms with Crippen molar-refractivity contribution in [2.24, 2.45) is 11.8 Å². The number of aromatic amines is 1. The highest BCUT2D eigenvalue weighted by atomic mass is 16.5. The van der Waals surface area contributed by atoms with Gasteiger partial charge in [-0.15, -0.1) is 0 Å². The lowest BCUT2D eigenvalue weighted by molar-refractivity contribution is 0.0617. The highest BCUT2D eigenvalue weighted by Gasteiger charge is 2.27. The molecule has 1 amide bonds. The van der Waals surface area contributed by atoms with E-state index in [0.29, 0.717) is 17.5 Å². The molecule has 122 valence electrons. The first-order chi connectivity index (χ1) is 11.1. The van der Waals surface area contributed by atoms with E-state index in [1.165, 1.54) is 6.42 Å². The Bertz CT molecular complexity index is 668. The molecule has 1 aromatic carbocycles. The number of H-pyrrole nitrogens is 1. The quantitative estimate of drug-likeness (QED) is 0.946. The van der Waals surface area contributed by atoms with Crippen LogP contribution in [0.3, 0.4) is 0 Å². The fourth-order valence-corrected chi connectivity index (χ4v) is 3.34. The molecule has 0 spiro atoms. The monoisotopic (exact) mass is 313 g/mol. The summed E-state index contributed by atoms with van der Waals surface area (Å²) in [5.74, 6) is 1.94. The number of nitrogens with zero attached hydrogens (tertiary/aromatic N) is 2. The van der Waals surface area contributed by atoms with E-state index in [4.69, 9.17) is 4.74 Å². The van der Waals surface area contributed by atoms with E-state index in [-0.39, 0.29) is 5.91 Å². The molecule has 0 bridgehead atoms. The third-order valence-corrected chi connectivity index (χ3v) is 4.35. The number of carbonyl (C=O) groups excluding carboxylic acids is 1. The number of piperidine rings is 1. The maximum absolute atomic E-state index is 12.7. The van der Waals surface area contributed by atoms with Crippen LogP contribution in [0.4, 0.5) is 0 Å². The van der Waals surface area contributed by atoms with Gasteiger partial charge in [-0.2, -0.15) is 5.10 Å². The third kappa shape index (κ3) is 3.38. The van der Waals surface area contributed by atoms with Crippen molar-refractivity contribution < 1.29 is 9.53 Å². The van der Waals surface area contributed by atoms with Crippen molar-refractivity contribution in [2.45, 2.75) is 20.3 Å². The molecule has 1 N–H and O–H groups in total. The predicted octanol–water partition coefficient (Wildman–Crippen LogP) is 3.20. The van der Waals surface area contributed by atoms with Crippen LogP contribution in [0.25, 0.3) is 11.3 Å². The number of likely N-dealkylation sites (tertiary alicyclic amines) is 1. The molecule has 2 atom stereocenters. The zero-order chi connectivity index (χ0) is 16.4. The Balaban J connectivity index is 1.76. The van der Waals surface area contributed by atoms with Gasteiger partial charge in [-0.05, 0) is 48.6 Å². The van der Waals surface area contributed by atoms with Crippen molar-refractivity contribution in [1.82, 2.24) is 15.1 Å². The van der Waals surface area contributed by atoms with E-state index in [1.807, 2.05) is 35.2 Å². The van der Waals surface area contributed by atoms with Crippen LogP contribution < -0.4 is 4.74 Å². The Kier molecular flexibility index (Phi) is 4.37. The summed E-state index contributed by atoms with van der Waals surface area (Å²) in [6.07, 6.45) is 1.18. The van der Waals surface area contributed by atoms with Crippen molar-refractivity contribution in [3.8, 4) is 17.0 Å². The highest BCUT2D eigenvalue weighted by Crippen LogP contribution is 2.24. The van der Waals surface area contributed by atoms with Crippen molar-refractivity contribution in [3.63, 3.8) is 0 Å².